The summed E-state index contributed by atoms with van der Waals surface area (Å²) in [6, 6.07) is 13.6. The van der Waals surface area contributed by atoms with Crippen molar-refractivity contribution in [3.63, 3.8) is 0 Å². The molecule has 21 heavy (non-hydrogen) atoms. The summed E-state index contributed by atoms with van der Waals surface area (Å²) in [6.07, 6.45) is 1.78. The van der Waals surface area contributed by atoms with Crippen LogP contribution in [-0.4, -0.2) is 10.9 Å². The van der Waals surface area contributed by atoms with Gasteiger partial charge < -0.3 is 10.5 Å². The van der Waals surface area contributed by atoms with E-state index in [9.17, 15) is 4.79 Å². The average molecular weight is 293 g/mol. The number of pyridine rings is 1. The molecule has 1 amide bonds. The number of hydrogen-bond acceptors (Lipinski definition) is 4. The van der Waals surface area contributed by atoms with Gasteiger partial charge in [-0.2, -0.15) is 0 Å². The number of hydrogen-bond donors (Lipinski definition) is 2. The highest BCUT2D eigenvalue weighted by Gasteiger charge is 2.20. The molecule has 0 atom stereocenters. The number of rotatable bonds is 1. The zero-order valence-electron chi connectivity index (χ0n) is 11.0. The minimum Gasteiger partial charge on any atom is -0.366 e. The summed E-state index contributed by atoms with van der Waals surface area (Å²) >= 11 is 1.52. The molecule has 0 saturated carbocycles. The summed E-state index contributed by atoms with van der Waals surface area (Å²) in [5, 5.41) is 1.08. The number of aromatic nitrogens is 1. The van der Waals surface area contributed by atoms with Crippen molar-refractivity contribution in [2.45, 2.75) is 4.90 Å². The van der Waals surface area contributed by atoms with Gasteiger partial charge in [-0.3, -0.25) is 9.78 Å². The van der Waals surface area contributed by atoms with Crippen molar-refractivity contribution in [2.24, 2.45) is 5.73 Å². The van der Waals surface area contributed by atoms with Crippen molar-refractivity contribution in [3.8, 4) is 11.1 Å². The predicted molar refractivity (Wildman–Crippen MR) is 85.2 cm³/mol. The normalized spacial score (nSPS) is 12.4. The van der Waals surface area contributed by atoms with E-state index in [0.717, 1.165) is 32.6 Å². The fraction of sp³-hybridized carbons (Fsp3) is 0. The van der Waals surface area contributed by atoms with Crippen LogP contribution in [0.15, 0.2) is 53.6 Å². The molecule has 0 fully saturated rings. The van der Waals surface area contributed by atoms with Gasteiger partial charge in [0.2, 0.25) is 5.91 Å². The maximum Gasteiger partial charge on any atom is 0.248 e. The zero-order valence-corrected chi connectivity index (χ0v) is 11.8. The number of nitrogens with two attached hydrogens (primary N) is 1. The standard InChI is InChI=1S/C16H11N3OS/c17-16(20)10-4-6-13-12(8-10)11-5-3-9-2-1-7-18-14(9)15(11)19-21-13/h1-8,19H,(H2,17,20). The maximum atomic E-state index is 11.4. The van der Waals surface area contributed by atoms with Crippen LogP contribution >= 0.6 is 11.9 Å². The van der Waals surface area contributed by atoms with Crippen molar-refractivity contribution in [3.05, 3.63) is 54.2 Å². The van der Waals surface area contributed by atoms with Gasteiger partial charge in [0.25, 0.3) is 0 Å². The Labute approximate surface area is 125 Å². The van der Waals surface area contributed by atoms with E-state index in [-0.39, 0.29) is 0 Å². The molecule has 1 aromatic heterocycles. The van der Waals surface area contributed by atoms with Gasteiger partial charge >= 0.3 is 0 Å². The Morgan fingerprint density at radius 2 is 2.05 bits per heavy atom. The van der Waals surface area contributed by atoms with Crippen LogP contribution in [0.3, 0.4) is 0 Å². The first-order valence-corrected chi connectivity index (χ1v) is 7.30. The number of anilines is 1. The quantitative estimate of drug-likeness (QED) is 0.674. The van der Waals surface area contributed by atoms with Gasteiger partial charge in [0.15, 0.2) is 0 Å². The highest BCUT2D eigenvalue weighted by molar-refractivity contribution is 8.00. The molecule has 1 aliphatic heterocycles. The van der Waals surface area contributed by atoms with Crippen molar-refractivity contribution < 1.29 is 4.79 Å². The van der Waals surface area contributed by atoms with Crippen LogP contribution < -0.4 is 10.5 Å². The SMILES string of the molecule is NC(=O)c1ccc2c(c1)-c1ccc3cccnc3c1NS2. The lowest BCUT2D eigenvalue weighted by Gasteiger charge is -2.22. The molecule has 0 radical (unpaired) electrons. The second-order valence-corrected chi connectivity index (χ2v) is 5.69. The van der Waals surface area contributed by atoms with Crippen LogP contribution in [-0.2, 0) is 0 Å². The zero-order chi connectivity index (χ0) is 14.4. The molecular formula is C16H11N3OS. The summed E-state index contributed by atoms with van der Waals surface area (Å²) in [5.41, 5.74) is 9.86. The molecule has 5 heteroatoms. The van der Waals surface area contributed by atoms with E-state index in [2.05, 4.69) is 15.8 Å². The van der Waals surface area contributed by atoms with E-state index in [1.54, 1.807) is 12.3 Å². The van der Waals surface area contributed by atoms with Crippen molar-refractivity contribution in [1.82, 2.24) is 4.98 Å². The Hall–Kier alpha value is -2.53. The van der Waals surface area contributed by atoms with E-state index in [1.165, 1.54) is 11.9 Å². The van der Waals surface area contributed by atoms with Crippen LogP contribution in [0, 0.1) is 0 Å². The van der Waals surface area contributed by atoms with Crippen molar-refractivity contribution in [2.75, 3.05) is 4.72 Å². The number of benzene rings is 2. The van der Waals surface area contributed by atoms with Crippen LogP contribution in [0.5, 0.6) is 0 Å². The van der Waals surface area contributed by atoms with E-state index >= 15 is 0 Å². The molecule has 2 aromatic carbocycles. The van der Waals surface area contributed by atoms with Crippen LogP contribution in [0.1, 0.15) is 10.4 Å². The molecule has 3 N–H and O–H groups in total. The molecule has 0 aliphatic carbocycles. The number of carbonyl (C=O) groups is 1. The fourth-order valence-corrected chi connectivity index (χ4v) is 3.40. The molecule has 2 heterocycles. The third-order valence-corrected chi connectivity index (χ3v) is 4.47. The summed E-state index contributed by atoms with van der Waals surface area (Å²) in [4.78, 5) is 16.9. The minimum atomic E-state index is -0.415. The topological polar surface area (TPSA) is 68.0 Å². The van der Waals surface area contributed by atoms with Crippen LogP contribution in [0.2, 0.25) is 0 Å². The Bertz CT molecular complexity index is 892. The molecule has 0 bridgehead atoms. The molecular weight excluding hydrogens is 282 g/mol. The van der Waals surface area contributed by atoms with Gasteiger partial charge in [0.05, 0.1) is 11.2 Å². The first kappa shape index (κ1) is 12.2. The van der Waals surface area contributed by atoms with E-state index in [4.69, 9.17) is 5.73 Å². The Morgan fingerprint density at radius 3 is 2.90 bits per heavy atom. The smallest absolute Gasteiger partial charge is 0.248 e. The number of nitrogens with zero attached hydrogens (tertiary/aromatic N) is 1. The third-order valence-electron chi connectivity index (χ3n) is 3.59. The van der Waals surface area contributed by atoms with Gasteiger partial charge in [0, 0.05) is 27.6 Å². The largest absolute Gasteiger partial charge is 0.366 e. The molecule has 0 unspecified atom stereocenters. The second-order valence-electron chi connectivity index (χ2n) is 4.84. The van der Waals surface area contributed by atoms with E-state index in [0.29, 0.717) is 5.56 Å². The monoisotopic (exact) mass is 293 g/mol. The lowest BCUT2D eigenvalue weighted by Crippen LogP contribution is -2.11. The summed E-state index contributed by atoms with van der Waals surface area (Å²) in [6.45, 7) is 0. The van der Waals surface area contributed by atoms with Gasteiger partial charge in [0.1, 0.15) is 0 Å². The molecule has 3 aromatic rings. The second kappa shape index (κ2) is 4.49. The fourth-order valence-electron chi connectivity index (χ4n) is 2.56. The van der Waals surface area contributed by atoms with Crippen molar-refractivity contribution >= 4 is 34.4 Å². The van der Waals surface area contributed by atoms with Crippen molar-refractivity contribution in [1.29, 1.82) is 0 Å². The first-order chi connectivity index (χ1) is 10.2. The lowest BCUT2D eigenvalue weighted by atomic mass is 9.99. The molecule has 102 valence electrons. The van der Waals surface area contributed by atoms with Gasteiger partial charge in [-0.05, 0) is 41.8 Å². The Morgan fingerprint density at radius 1 is 1.14 bits per heavy atom. The van der Waals surface area contributed by atoms with Gasteiger partial charge in [-0.25, -0.2) is 0 Å². The Kier molecular flexibility index (Phi) is 2.62. The number of fused-ring (bicyclic) bond motifs is 5. The first-order valence-electron chi connectivity index (χ1n) is 6.49. The lowest BCUT2D eigenvalue weighted by molar-refractivity contribution is 0.100. The number of amides is 1. The van der Waals surface area contributed by atoms with E-state index < -0.39 is 5.91 Å². The molecule has 0 saturated heterocycles. The molecule has 4 nitrogen and oxygen atoms in total. The summed E-state index contributed by atoms with van der Waals surface area (Å²) in [5.74, 6) is -0.415. The number of primary amides is 1. The van der Waals surface area contributed by atoms with E-state index in [1.807, 2.05) is 30.3 Å². The summed E-state index contributed by atoms with van der Waals surface area (Å²) < 4.78 is 3.35. The highest BCUT2D eigenvalue weighted by atomic mass is 32.2. The van der Waals surface area contributed by atoms with Crippen LogP contribution in [0.4, 0.5) is 5.69 Å². The minimum absolute atomic E-state index is 0.415. The number of carbonyl (C=O) groups excluding carboxylic acids is 1. The highest BCUT2D eigenvalue weighted by Crippen LogP contribution is 2.44. The third kappa shape index (κ3) is 1.86. The predicted octanol–water partition coefficient (Wildman–Crippen LogP) is 3.43. The molecule has 1 aliphatic rings. The summed E-state index contributed by atoms with van der Waals surface area (Å²) in [7, 11) is 0. The Balaban J connectivity index is 2.01. The van der Waals surface area contributed by atoms with Gasteiger partial charge in [-0.15, -0.1) is 0 Å². The maximum absolute atomic E-state index is 11.4. The van der Waals surface area contributed by atoms with Crippen LogP contribution in [0.25, 0.3) is 22.0 Å². The average Bonchev–Trinajstić information content (AvgIpc) is 2.53. The molecule has 4 rings (SSSR count). The number of nitrogens with one attached hydrogen (secondary N) is 1. The van der Waals surface area contributed by atoms with Gasteiger partial charge in [-0.1, -0.05) is 18.2 Å². The molecule has 0 spiro atoms.